The van der Waals surface area contributed by atoms with Crippen LogP contribution in [0.4, 0.5) is 0 Å². The molecule has 0 spiro atoms. The van der Waals surface area contributed by atoms with E-state index in [2.05, 4.69) is 81.4 Å². The fourth-order valence-corrected chi connectivity index (χ4v) is 4.49. The van der Waals surface area contributed by atoms with E-state index in [-0.39, 0.29) is 5.41 Å². The average Bonchev–Trinajstić information content (AvgIpc) is 3.61. The van der Waals surface area contributed by atoms with E-state index in [4.69, 9.17) is 14.2 Å². The normalized spacial score (nSPS) is 17.0. The zero-order chi connectivity index (χ0) is 22.1. The predicted molar refractivity (Wildman–Crippen MR) is 129 cm³/mol. The van der Waals surface area contributed by atoms with Gasteiger partial charge in [-0.15, -0.1) is 0 Å². The zero-order valence-corrected chi connectivity index (χ0v) is 19.3. The van der Waals surface area contributed by atoms with Crippen molar-refractivity contribution in [3.05, 3.63) is 82.9 Å². The number of hydrogen-bond acceptors (Lipinski definition) is 3. The van der Waals surface area contributed by atoms with Crippen LogP contribution in [0.5, 0.6) is 11.5 Å². The van der Waals surface area contributed by atoms with Crippen molar-refractivity contribution in [3.63, 3.8) is 0 Å². The molecule has 1 saturated carbocycles. The standard InChI is InChI=1S/C29H32O3/c1-20-13-27(32-19-29(3)17-30-18-29)14-21(2)28(20)25-6-4-5-22(15-25)16-31-26-11-9-24(10-12-26)23-7-8-23/h4-6,9-15,23H,7-8,16-19H2,1-3H3. The van der Waals surface area contributed by atoms with Crippen LogP contribution in [0.2, 0.25) is 0 Å². The summed E-state index contributed by atoms with van der Waals surface area (Å²) in [5.41, 5.74) is 7.70. The molecule has 0 unspecified atom stereocenters. The van der Waals surface area contributed by atoms with E-state index in [9.17, 15) is 0 Å². The second-order valence-electron chi connectivity index (χ2n) is 9.86. The number of rotatable bonds is 8. The smallest absolute Gasteiger partial charge is 0.119 e. The first kappa shape index (κ1) is 21.1. The van der Waals surface area contributed by atoms with Gasteiger partial charge in [-0.05, 0) is 96.3 Å². The van der Waals surface area contributed by atoms with E-state index in [1.54, 1.807) is 0 Å². The second-order valence-corrected chi connectivity index (χ2v) is 9.86. The van der Waals surface area contributed by atoms with Gasteiger partial charge in [0.25, 0.3) is 0 Å². The maximum Gasteiger partial charge on any atom is 0.119 e. The summed E-state index contributed by atoms with van der Waals surface area (Å²) in [6.45, 7) is 9.35. The maximum absolute atomic E-state index is 6.10. The summed E-state index contributed by atoms with van der Waals surface area (Å²) >= 11 is 0. The quantitative estimate of drug-likeness (QED) is 0.393. The summed E-state index contributed by atoms with van der Waals surface area (Å²) in [6, 6.07) is 21.6. The van der Waals surface area contributed by atoms with Gasteiger partial charge in [-0.3, -0.25) is 0 Å². The minimum Gasteiger partial charge on any atom is -0.493 e. The van der Waals surface area contributed by atoms with Crippen molar-refractivity contribution in [2.45, 2.75) is 46.1 Å². The molecule has 0 atom stereocenters. The van der Waals surface area contributed by atoms with Crippen molar-refractivity contribution < 1.29 is 14.2 Å². The van der Waals surface area contributed by atoms with Crippen molar-refractivity contribution in [1.82, 2.24) is 0 Å². The molecule has 3 aromatic rings. The summed E-state index contributed by atoms with van der Waals surface area (Å²) < 4.78 is 17.5. The lowest BCUT2D eigenvalue weighted by Crippen LogP contribution is -2.44. The fraction of sp³-hybridized carbons (Fsp3) is 0.379. The summed E-state index contributed by atoms with van der Waals surface area (Å²) in [4.78, 5) is 0. The highest BCUT2D eigenvalue weighted by Crippen LogP contribution is 2.40. The van der Waals surface area contributed by atoms with Gasteiger partial charge in [0.1, 0.15) is 18.1 Å². The number of ether oxygens (including phenoxy) is 3. The first-order chi connectivity index (χ1) is 15.5. The van der Waals surface area contributed by atoms with Crippen LogP contribution in [-0.4, -0.2) is 19.8 Å². The summed E-state index contributed by atoms with van der Waals surface area (Å²) in [5.74, 6) is 2.64. The molecule has 1 aliphatic carbocycles. The molecule has 1 aliphatic heterocycles. The SMILES string of the molecule is Cc1cc(OCC2(C)COC2)cc(C)c1-c1cccc(COc2ccc(C3CC3)cc2)c1. The highest BCUT2D eigenvalue weighted by atomic mass is 16.5. The van der Waals surface area contributed by atoms with Gasteiger partial charge in [-0.25, -0.2) is 0 Å². The van der Waals surface area contributed by atoms with E-state index < -0.39 is 0 Å². The molecule has 1 heterocycles. The maximum atomic E-state index is 6.10. The Hall–Kier alpha value is -2.78. The minimum atomic E-state index is 0.146. The Morgan fingerprint density at radius 3 is 2.22 bits per heavy atom. The lowest BCUT2D eigenvalue weighted by molar-refractivity contribution is -0.120. The molecule has 2 aliphatic rings. The molecule has 0 bridgehead atoms. The first-order valence-electron chi connectivity index (χ1n) is 11.6. The third kappa shape index (κ3) is 4.68. The van der Waals surface area contributed by atoms with Gasteiger partial charge in [-0.1, -0.05) is 37.3 Å². The Morgan fingerprint density at radius 2 is 1.59 bits per heavy atom. The Kier molecular flexibility index (Phi) is 5.69. The molecule has 5 rings (SSSR count). The molecule has 0 N–H and O–H groups in total. The van der Waals surface area contributed by atoms with E-state index in [1.807, 2.05) is 0 Å². The molecule has 0 amide bonds. The topological polar surface area (TPSA) is 27.7 Å². The number of hydrogen-bond donors (Lipinski definition) is 0. The van der Waals surface area contributed by atoms with Gasteiger partial charge in [0.05, 0.1) is 19.8 Å². The Labute approximate surface area is 191 Å². The molecular weight excluding hydrogens is 396 g/mol. The third-order valence-electron chi connectivity index (χ3n) is 6.54. The second kappa shape index (κ2) is 8.63. The van der Waals surface area contributed by atoms with Crippen LogP contribution in [0.15, 0.2) is 60.7 Å². The van der Waals surface area contributed by atoms with Crippen molar-refractivity contribution in [3.8, 4) is 22.6 Å². The van der Waals surface area contributed by atoms with Gasteiger partial charge in [0.2, 0.25) is 0 Å². The van der Waals surface area contributed by atoms with Gasteiger partial charge in [0, 0.05) is 5.41 Å². The van der Waals surface area contributed by atoms with Crippen molar-refractivity contribution >= 4 is 0 Å². The van der Waals surface area contributed by atoms with Crippen LogP contribution < -0.4 is 9.47 Å². The molecule has 0 radical (unpaired) electrons. The lowest BCUT2D eigenvalue weighted by atomic mass is 9.90. The molecule has 1 saturated heterocycles. The fourth-order valence-electron chi connectivity index (χ4n) is 4.49. The Balaban J connectivity index is 1.27. The monoisotopic (exact) mass is 428 g/mol. The van der Waals surface area contributed by atoms with Gasteiger partial charge < -0.3 is 14.2 Å². The van der Waals surface area contributed by atoms with Crippen molar-refractivity contribution in [2.75, 3.05) is 19.8 Å². The number of benzene rings is 3. The van der Waals surface area contributed by atoms with Crippen LogP contribution in [-0.2, 0) is 11.3 Å². The first-order valence-corrected chi connectivity index (χ1v) is 11.6. The van der Waals surface area contributed by atoms with Crippen LogP contribution in [0.25, 0.3) is 11.1 Å². The summed E-state index contributed by atoms with van der Waals surface area (Å²) in [5, 5.41) is 0. The summed E-state index contributed by atoms with van der Waals surface area (Å²) in [7, 11) is 0. The minimum absolute atomic E-state index is 0.146. The van der Waals surface area contributed by atoms with Crippen LogP contribution >= 0.6 is 0 Å². The van der Waals surface area contributed by atoms with Crippen LogP contribution in [0.3, 0.4) is 0 Å². The molecule has 2 fully saturated rings. The van der Waals surface area contributed by atoms with Crippen LogP contribution in [0.1, 0.15) is 47.9 Å². The Morgan fingerprint density at radius 1 is 0.875 bits per heavy atom. The van der Waals surface area contributed by atoms with Gasteiger partial charge in [-0.2, -0.15) is 0 Å². The molecule has 3 aromatic carbocycles. The van der Waals surface area contributed by atoms with Crippen molar-refractivity contribution in [1.29, 1.82) is 0 Å². The van der Waals surface area contributed by atoms with E-state index in [1.165, 1.54) is 46.2 Å². The molecule has 166 valence electrons. The van der Waals surface area contributed by atoms with E-state index in [0.29, 0.717) is 13.2 Å². The van der Waals surface area contributed by atoms with E-state index >= 15 is 0 Å². The number of aryl methyl sites for hydroxylation is 2. The Bertz CT molecular complexity index is 1070. The van der Waals surface area contributed by atoms with Gasteiger partial charge >= 0.3 is 0 Å². The third-order valence-corrected chi connectivity index (χ3v) is 6.54. The average molecular weight is 429 g/mol. The molecular formula is C29H32O3. The largest absolute Gasteiger partial charge is 0.493 e. The zero-order valence-electron chi connectivity index (χ0n) is 19.3. The van der Waals surface area contributed by atoms with Crippen molar-refractivity contribution in [2.24, 2.45) is 5.41 Å². The van der Waals surface area contributed by atoms with Crippen LogP contribution in [0, 0.1) is 19.3 Å². The lowest BCUT2D eigenvalue weighted by Gasteiger charge is -2.37. The predicted octanol–water partition coefficient (Wildman–Crippen LogP) is 6.84. The molecule has 3 nitrogen and oxygen atoms in total. The highest BCUT2D eigenvalue weighted by Gasteiger charge is 2.34. The summed E-state index contributed by atoms with van der Waals surface area (Å²) in [6.07, 6.45) is 2.65. The molecule has 32 heavy (non-hydrogen) atoms. The van der Waals surface area contributed by atoms with Gasteiger partial charge in [0.15, 0.2) is 0 Å². The molecule has 3 heteroatoms. The van der Waals surface area contributed by atoms with E-state index in [0.717, 1.165) is 30.6 Å². The highest BCUT2D eigenvalue weighted by molar-refractivity contribution is 5.72. The molecule has 0 aromatic heterocycles.